The van der Waals surface area contributed by atoms with Gasteiger partial charge < -0.3 is 10.0 Å². The summed E-state index contributed by atoms with van der Waals surface area (Å²) in [4.78, 5) is 42.0. The smallest absolute Gasteiger partial charge is 0.335 e. The fraction of sp³-hybridized carbons (Fsp3) is 0.346. The number of amides is 1. The lowest BCUT2D eigenvalue weighted by Crippen LogP contribution is -2.44. The number of rotatable bonds is 4. The molecule has 0 fully saturated rings. The zero-order valence-electron chi connectivity index (χ0n) is 19.2. The fourth-order valence-electron chi connectivity index (χ4n) is 4.80. The molecule has 33 heavy (non-hydrogen) atoms. The highest BCUT2D eigenvalue weighted by Crippen LogP contribution is 2.49. The lowest BCUT2D eigenvalue weighted by molar-refractivity contribution is -0.121. The molecule has 1 atom stereocenters. The van der Waals surface area contributed by atoms with Gasteiger partial charge in [0.25, 0.3) is 0 Å². The Morgan fingerprint density at radius 2 is 1.76 bits per heavy atom. The molecule has 2 aliphatic rings. The first-order chi connectivity index (χ1) is 15.5. The van der Waals surface area contributed by atoms with Gasteiger partial charge in [-0.3, -0.25) is 14.5 Å². The molecule has 4 rings (SSSR count). The largest absolute Gasteiger partial charge is 0.478 e. The summed E-state index contributed by atoms with van der Waals surface area (Å²) < 4.78 is 0. The van der Waals surface area contributed by atoms with E-state index in [2.05, 4.69) is 0 Å². The van der Waals surface area contributed by atoms with Gasteiger partial charge in [-0.1, -0.05) is 37.6 Å². The van der Waals surface area contributed by atoms with Crippen molar-refractivity contribution in [3.63, 3.8) is 0 Å². The van der Waals surface area contributed by atoms with Crippen LogP contribution in [0.4, 0.5) is 11.4 Å². The summed E-state index contributed by atoms with van der Waals surface area (Å²) in [7, 11) is 3.92. The van der Waals surface area contributed by atoms with Crippen LogP contribution in [-0.2, 0) is 9.59 Å². The number of nitrogens with zero attached hydrogens (tertiary/aromatic N) is 2. The van der Waals surface area contributed by atoms with E-state index in [1.165, 1.54) is 23.1 Å². The zero-order chi connectivity index (χ0) is 24.1. The second-order valence-corrected chi connectivity index (χ2v) is 10.2. The highest BCUT2D eigenvalue weighted by molar-refractivity contribution is 6.34. The van der Waals surface area contributed by atoms with Gasteiger partial charge in [-0.05, 0) is 47.7 Å². The predicted octanol–water partition coefficient (Wildman–Crippen LogP) is 5.27. The van der Waals surface area contributed by atoms with Crippen LogP contribution in [0.2, 0.25) is 5.02 Å². The molecule has 0 bridgehead atoms. The van der Waals surface area contributed by atoms with Gasteiger partial charge in [0.1, 0.15) is 0 Å². The quantitative estimate of drug-likeness (QED) is 0.664. The van der Waals surface area contributed by atoms with Gasteiger partial charge in [-0.25, -0.2) is 4.79 Å². The van der Waals surface area contributed by atoms with Gasteiger partial charge in [0.05, 0.1) is 16.3 Å². The number of hydrogen-bond acceptors (Lipinski definition) is 4. The van der Waals surface area contributed by atoms with E-state index in [9.17, 15) is 19.5 Å². The molecule has 1 aliphatic heterocycles. The van der Waals surface area contributed by atoms with Crippen LogP contribution in [0.25, 0.3) is 0 Å². The summed E-state index contributed by atoms with van der Waals surface area (Å²) in [6.45, 7) is 4.00. The molecule has 2 aromatic carbocycles. The second kappa shape index (κ2) is 8.34. The second-order valence-electron chi connectivity index (χ2n) is 9.74. The minimum absolute atomic E-state index is 0.0194. The van der Waals surface area contributed by atoms with E-state index in [4.69, 9.17) is 11.6 Å². The number of anilines is 2. The van der Waals surface area contributed by atoms with Crippen molar-refractivity contribution < 1.29 is 19.5 Å². The molecular formula is C26H27ClN2O4. The van der Waals surface area contributed by atoms with Crippen LogP contribution in [0.5, 0.6) is 0 Å². The molecule has 0 saturated heterocycles. The van der Waals surface area contributed by atoms with Gasteiger partial charge in [0, 0.05) is 49.8 Å². The van der Waals surface area contributed by atoms with E-state index in [0.717, 1.165) is 11.3 Å². The average Bonchev–Trinajstić information content (AvgIpc) is 2.73. The van der Waals surface area contributed by atoms with Gasteiger partial charge in [0.15, 0.2) is 5.78 Å². The summed E-state index contributed by atoms with van der Waals surface area (Å²) >= 11 is 6.44. The Balaban J connectivity index is 1.89. The SMILES string of the molecule is CN(C)c1ccc(C2CC(=O)N(c3cc(C(=O)O)ccc3Cl)C3=C2C(=O)CC(C)(C)C3)cc1. The van der Waals surface area contributed by atoms with E-state index in [-0.39, 0.29) is 40.0 Å². The zero-order valence-corrected chi connectivity index (χ0v) is 19.9. The number of carbonyl (C=O) groups is 3. The summed E-state index contributed by atoms with van der Waals surface area (Å²) in [5, 5.41) is 9.73. The minimum Gasteiger partial charge on any atom is -0.478 e. The maximum absolute atomic E-state index is 13.5. The molecule has 0 saturated carbocycles. The van der Waals surface area contributed by atoms with Crippen molar-refractivity contribution in [3.05, 3.63) is 69.9 Å². The van der Waals surface area contributed by atoms with Gasteiger partial charge in [0.2, 0.25) is 5.91 Å². The third-order valence-corrected chi connectivity index (χ3v) is 6.71. The topological polar surface area (TPSA) is 77.9 Å². The molecule has 1 aliphatic carbocycles. The van der Waals surface area contributed by atoms with Crippen LogP contribution in [0.3, 0.4) is 0 Å². The predicted molar refractivity (Wildman–Crippen MR) is 129 cm³/mol. The first-order valence-corrected chi connectivity index (χ1v) is 11.3. The molecule has 0 aromatic heterocycles. The van der Waals surface area contributed by atoms with Crippen molar-refractivity contribution in [1.82, 2.24) is 0 Å². The third-order valence-electron chi connectivity index (χ3n) is 6.39. The number of halogens is 1. The number of hydrogen-bond donors (Lipinski definition) is 1. The Labute approximate surface area is 198 Å². The van der Waals surface area contributed by atoms with Crippen LogP contribution in [-0.4, -0.2) is 36.9 Å². The minimum atomic E-state index is -1.11. The standard InChI is InChI=1S/C26H27ClN2O4/c1-26(2)13-21-24(22(30)14-26)18(15-5-8-17(9-6-15)28(3)4)12-23(31)29(21)20-11-16(25(32)33)7-10-19(20)27/h5-11,18H,12-14H2,1-4H3,(H,32,33). The Morgan fingerprint density at radius 1 is 1.09 bits per heavy atom. The van der Waals surface area contributed by atoms with Crippen molar-refractivity contribution in [2.24, 2.45) is 5.41 Å². The molecular weight excluding hydrogens is 440 g/mol. The molecule has 1 N–H and O–H groups in total. The van der Waals surface area contributed by atoms with E-state index >= 15 is 0 Å². The van der Waals surface area contributed by atoms with Gasteiger partial charge in [-0.2, -0.15) is 0 Å². The van der Waals surface area contributed by atoms with E-state index in [1.807, 2.05) is 57.1 Å². The highest BCUT2D eigenvalue weighted by Gasteiger charge is 2.44. The molecule has 1 unspecified atom stereocenters. The number of carboxylic acids is 1. The molecule has 2 aromatic rings. The molecule has 7 heteroatoms. The molecule has 0 radical (unpaired) electrons. The van der Waals surface area contributed by atoms with Crippen molar-refractivity contribution in [2.45, 2.75) is 39.0 Å². The van der Waals surface area contributed by atoms with E-state index < -0.39 is 5.97 Å². The number of aromatic carboxylic acids is 1. The Morgan fingerprint density at radius 3 is 2.36 bits per heavy atom. The lowest BCUT2D eigenvalue weighted by atomic mass is 9.69. The van der Waals surface area contributed by atoms with E-state index in [1.54, 1.807) is 0 Å². The van der Waals surface area contributed by atoms with Crippen LogP contribution in [0.15, 0.2) is 53.7 Å². The highest BCUT2D eigenvalue weighted by atomic mass is 35.5. The number of carboxylic acid groups (broad SMARTS) is 1. The number of Topliss-reactive ketones (excluding diaryl/α,β-unsaturated/α-hetero) is 1. The Kier molecular flexibility index (Phi) is 5.83. The van der Waals surface area contributed by atoms with Gasteiger partial charge in [-0.15, -0.1) is 0 Å². The molecule has 0 spiro atoms. The van der Waals surface area contributed by atoms with Crippen LogP contribution < -0.4 is 9.80 Å². The normalized spacial score (nSPS) is 20.0. The van der Waals surface area contributed by atoms with Crippen molar-refractivity contribution >= 4 is 40.6 Å². The summed E-state index contributed by atoms with van der Waals surface area (Å²) in [5.74, 6) is -1.63. The maximum Gasteiger partial charge on any atom is 0.335 e. The van der Waals surface area contributed by atoms with Crippen molar-refractivity contribution in [3.8, 4) is 0 Å². The number of benzene rings is 2. The molecule has 6 nitrogen and oxygen atoms in total. The summed E-state index contributed by atoms with van der Waals surface area (Å²) in [6.07, 6.45) is 1.02. The van der Waals surface area contributed by atoms with Crippen LogP contribution >= 0.6 is 11.6 Å². The van der Waals surface area contributed by atoms with Crippen molar-refractivity contribution in [2.75, 3.05) is 23.9 Å². The number of allylic oxidation sites excluding steroid dienone is 2. The third kappa shape index (κ3) is 4.27. The monoisotopic (exact) mass is 466 g/mol. The van der Waals surface area contributed by atoms with Crippen LogP contribution in [0.1, 0.15) is 54.9 Å². The average molecular weight is 467 g/mol. The van der Waals surface area contributed by atoms with Crippen LogP contribution in [0, 0.1) is 5.41 Å². The molecule has 172 valence electrons. The van der Waals surface area contributed by atoms with Crippen molar-refractivity contribution in [1.29, 1.82) is 0 Å². The summed E-state index contributed by atoms with van der Waals surface area (Å²) in [6, 6.07) is 12.2. The Hall–Kier alpha value is -3.12. The molecule has 1 amide bonds. The number of ketones is 1. The van der Waals surface area contributed by atoms with Gasteiger partial charge >= 0.3 is 5.97 Å². The maximum atomic E-state index is 13.5. The first kappa shape index (κ1) is 23.1. The Bertz CT molecular complexity index is 1180. The fourth-order valence-corrected chi connectivity index (χ4v) is 5.00. The molecule has 1 heterocycles. The van der Waals surface area contributed by atoms with E-state index in [0.29, 0.717) is 29.8 Å². The number of carbonyl (C=O) groups excluding carboxylic acids is 2. The lowest BCUT2D eigenvalue weighted by Gasteiger charge is -2.43. The first-order valence-electron chi connectivity index (χ1n) is 10.9. The summed E-state index contributed by atoms with van der Waals surface area (Å²) in [5.41, 5.74) is 3.21.